The van der Waals surface area contributed by atoms with Crippen LogP contribution < -0.4 is 0 Å². The maximum atomic E-state index is 13.5. The van der Waals surface area contributed by atoms with Gasteiger partial charge in [0.1, 0.15) is 0 Å². The number of hydrogen-bond donors (Lipinski definition) is 0. The number of fused-ring (bicyclic) bond motifs is 3. The van der Waals surface area contributed by atoms with E-state index in [2.05, 4.69) is 60.6 Å². The summed E-state index contributed by atoms with van der Waals surface area (Å²) < 4.78 is 5.93. The quantitative estimate of drug-likeness (QED) is 0.195. The van der Waals surface area contributed by atoms with Crippen molar-refractivity contribution in [1.29, 1.82) is 0 Å². The van der Waals surface area contributed by atoms with Gasteiger partial charge in [-0.2, -0.15) is 0 Å². The van der Waals surface area contributed by atoms with E-state index in [-0.39, 0.29) is 22.2 Å². The van der Waals surface area contributed by atoms with E-state index in [4.69, 9.17) is 4.74 Å². The summed E-state index contributed by atoms with van der Waals surface area (Å²) in [5.74, 6) is 25.0. The fourth-order valence-corrected chi connectivity index (χ4v) is 27.3. The predicted octanol–water partition coefficient (Wildman–Crippen LogP) is 10.7. The molecule has 2 nitrogen and oxygen atoms in total. The van der Waals surface area contributed by atoms with Crippen LogP contribution in [0.5, 0.6) is 0 Å². The number of ether oxygens (including phenoxy) is 1. The smallest absolute Gasteiger partial charge is 0.305 e. The van der Waals surface area contributed by atoms with Gasteiger partial charge in [0.25, 0.3) is 0 Å². The summed E-state index contributed by atoms with van der Waals surface area (Å²) in [6, 6.07) is 12.5. The van der Waals surface area contributed by atoms with Crippen LogP contribution in [0.25, 0.3) is 0 Å². The number of carbonyl (C=O) groups excluding carboxylic acids is 1. The van der Waals surface area contributed by atoms with Crippen molar-refractivity contribution in [3.05, 3.63) is 70.3 Å². The van der Waals surface area contributed by atoms with Crippen LogP contribution in [0.3, 0.4) is 0 Å². The number of unbranched alkanes of at least 4 members (excludes halogenated alkanes) is 1. The zero-order chi connectivity index (χ0) is 36.4. The normalized spacial score (nSPS) is 64.9. The second-order valence-electron chi connectivity index (χ2n) is 24.9. The standard InChI is InChI=1S/C55H62O2/c1-2-3-22-57-34(56)10-7-21-53(23-8-5-4-6-9-23)54-32-19-20-33-31-18-16-29-27-14-12-25-24-11-13-26-28-15-17-30(32)41-39(28)44-37(26)35(24)43-36(25)38(27)45-40(29)42(31)52(55(33,53)54)50-48(45)46(43)47(44)49(50)51(41)54/h4-6,8-9,19-20,24-29,35-52H,2-3,7,10-18,21-22H2,1H3/t24?,25?,26?,27?,28?,29?,35?,36?,37?,38?,39?,40?,41?,42?,43?,44?,45?,46?,47?,48?,49?,50?,51?,52?,53?,54-,55+. The molecule has 2 spiro atoms. The van der Waals surface area contributed by atoms with Gasteiger partial charge in [-0.25, -0.2) is 0 Å². The molecule has 18 rings (SSSR count). The predicted molar refractivity (Wildman–Crippen MR) is 217 cm³/mol. The first-order valence-electron chi connectivity index (χ1n) is 25.6. The number of rotatable bonds is 8. The summed E-state index contributed by atoms with van der Waals surface area (Å²) in [6.45, 7) is 2.81. The zero-order valence-corrected chi connectivity index (χ0v) is 34.1. The van der Waals surface area contributed by atoms with Gasteiger partial charge in [0.2, 0.25) is 0 Å². The van der Waals surface area contributed by atoms with E-state index in [9.17, 15) is 4.79 Å². The Balaban J connectivity index is 0.941. The van der Waals surface area contributed by atoms with Gasteiger partial charge in [-0.15, -0.1) is 0 Å². The first-order chi connectivity index (χ1) is 28.2. The van der Waals surface area contributed by atoms with Gasteiger partial charge in [0.05, 0.1) is 6.61 Å². The minimum Gasteiger partial charge on any atom is -0.466 e. The van der Waals surface area contributed by atoms with E-state index >= 15 is 0 Å². The Bertz CT molecular complexity index is 2130. The molecule has 14 fully saturated rings. The van der Waals surface area contributed by atoms with Gasteiger partial charge >= 0.3 is 5.97 Å². The molecule has 14 saturated carbocycles. The molecule has 0 aromatic heterocycles. The molecule has 0 amide bonds. The van der Waals surface area contributed by atoms with Crippen molar-refractivity contribution in [2.45, 2.75) is 95.8 Å². The molecule has 0 bridgehead atoms. The molecule has 17 aliphatic rings. The average molecular weight is 755 g/mol. The summed E-state index contributed by atoms with van der Waals surface area (Å²) in [5.41, 5.74) is 10.4. The molecule has 27 atom stereocenters. The third kappa shape index (κ3) is 2.57. The van der Waals surface area contributed by atoms with Crippen LogP contribution in [-0.2, 0) is 14.9 Å². The topological polar surface area (TPSA) is 26.3 Å². The monoisotopic (exact) mass is 754 g/mol. The lowest BCUT2D eigenvalue weighted by Gasteiger charge is -2.61. The Labute approximate surface area is 339 Å². The number of hydrogen-bond acceptors (Lipinski definition) is 2. The molecule has 0 radical (unpaired) electrons. The highest BCUT2D eigenvalue weighted by molar-refractivity contribution is 5.76. The minimum absolute atomic E-state index is 0.0749. The van der Waals surface area contributed by atoms with Crippen molar-refractivity contribution in [3.8, 4) is 0 Å². The highest BCUT2D eigenvalue weighted by atomic mass is 16.5. The lowest BCUT2D eigenvalue weighted by atomic mass is 9.42. The summed E-state index contributed by atoms with van der Waals surface area (Å²) in [7, 11) is 0. The van der Waals surface area contributed by atoms with E-state index in [1.165, 1.54) is 32.1 Å². The zero-order valence-electron chi connectivity index (χ0n) is 34.1. The number of carbonyl (C=O) groups is 1. The number of allylic oxidation sites excluding steroid dienone is 6. The molecule has 17 aliphatic carbocycles. The Hall–Kier alpha value is -2.09. The van der Waals surface area contributed by atoms with Crippen molar-refractivity contribution in [2.75, 3.05) is 6.61 Å². The van der Waals surface area contributed by atoms with E-state index in [1.54, 1.807) is 31.2 Å². The van der Waals surface area contributed by atoms with E-state index in [0.29, 0.717) is 13.0 Å². The lowest BCUT2D eigenvalue weighted by Crippen LogP contribution is -2.58. The van der Waals surface area contributed by atoms with Crippen molar-refractivity contribution < 1.29 is 9.53 Å². The number of esters is 1. The Kier molecular flexibility index (Phi) is 4.99. The fourth-order valence-electron chi connectivity index (χ4n) is 27.3. The van der Waals surface area contributed by atoms with Crippen LogP contribution in [0.2, 0.25) is 0 Å². The Morgan fingerprint density at radius 1 is 0.579 bits per heavy atom. The van der Waals surface area contributed by atoms with Crippen LogP contribution in [-0.4, -0.2) is 12.6 Å². The summed E-state index contributed by atoms with van der Waals surface area (Å²) in [5, 5.41) is 0. The SMILES string of the molecule is CCCCOC(=O)CCCC1(c2ccccc2)[C@@]23C4=C5CCC6C7CCC8C9CCC%10C%11CCC%12=C(C=C4)[C@@]12C1C%12C%11C2C%10C9C4C8C7C7C6C5C3C3C7C4C2C31. The molecule has 25 unspecified atom stereocenters. The largest absolute Gasteiger partial charge is 0.466 e. The molecule has 1 aromatic rings. The van der Waals surface area contributed by atoms with Crippen molar-refractivity contribution >= 4 is 5.97 Å². The fraction of sp³-hybridized carbons (Fsp3) is 0.764. The second-order valence-corrected chi connectivity index (χ2v) is 24.9. The second kappa shape index (κ2) is 9.22. The molecule has 0 saturated heterocycles. The third-order valence-corrected chi connectivity index (χ3v) is 25.9. The molecular formula is C55H62O2. The molecule has 57 heavy (non-hydrogen) atoms. The van der Waals surface area contributed by atoms with Crippen LogP contribution in [0.1, 0.15) is 96.0 Å². The van der Waals surface area contributed by atoms with Gasteiger partial charge in [-0.3, -0.25) is 4.79 Å². The first-order valence-corrected chi connectivity index (χ1v) is 25.6. The molecular weight excluding hydrogens is 693 g/mol. The highest BCUT2D eigenvalue weighted by Crippen LogP contribution is 3.05. The van der Waals surface area contributed by atoms with Gasteiger partial charge in [-0.1, -0.05) is 67.0 Å². The van der Waals surface area contributed by atoms with Crippen LogP contribution in [0.15, 0.2) is 64.8 Å². The minimum atomic E-state index is 0.0749. The van der Waals surface area contributed by atoms with Gasteiger partial charge in [0, 0.05) is 22.7 Å². The molecule has 294 valence electrons. The molecule has 1 aromatic carbocycles. The van der Waals surface area contributed by atoms with Crippen molar-refractivity contribution in [3.63, 3.8) is 0 Å². The molecule has 0 aliphatic heterocycles. The van der Waals surface area contributed by atoms with Gasteiger partial charge < -0.3 is 4.74 Å². The molecule has 0 heterocycles. The maximum absolute atomic E-state index is 13.5. The van der Waals surface area contributed by atoms with E-state index in [1.807, 2.05) is 11.1 Å². The van der Waals surface area contributed by atoms with Gasteiger partial charge in [-0.05, 0) is 229 Å². The molecule has 2 heteroatoms. The first kappa shape index (κ1) is 30.9. The number of benzene rings is 1. The van der Waals surface area contributed by atoms with Gasteiger partial charge in [0.15, 0.2) is 0 Å². The Morgan fingerprint density at radius 2 is 1.05 bits per heavy atom. The Morgan fingerprint density at radius 3 is 1.58 bits per heavy atom. The van der Waals surface area contributed by atoms with Crippen LogP contribution >= 0.6 is 0 Å². The average Bonchev–Trinajstić information content (AvgIpc) is 3.89. The van der Waals surface area contributed by atoms with Crippen LogP contribution in [0, 0.1) is 153 Å². The lowest BCUT2D eigenvalue weighted by molar-refractivity contribution is -0.144. The summed E-state index contributed by atoms with van der Waals surface area (Å²) >= 11 is 0. The third-order valence-electron chi connectivity index (χ3n) is 25.9. The molecule has 0 N–H and O–H groups in total. The van der Waals surface area contributed by atoms with Crippen molar-refractivity contribution in [2.24, 2.45) is 153 Å². The van der Waals surface area contributed by atoms with Crippen molar-refractivity contribution in [1.82, 2.24) is 0 Å². The van der Waals surface area contributed by atoms with E-state index < -0.39 is 0 Å². The highest BCUT2D eigenvalue weighted by Gasteiger charge is 3.02. The summed E-state index contributed by atoms with van der Waals surface area (Å²) in [4.78, 5) is 13.5. The van der Waals surface area contributed by atoms with E-state index in [0.717, 1.165) is 161 Å². The van der Waals surface area contributed by atoms with Crippen LogP contribution in [0.4, 0.5) is 0 Å². The summed E-state index contributed by atoms with van der Waals surface area (Å²) in [6.07, 6.45) is 23.1. The maximum Gasteiger partial charge on any atom is 0.305 e.